The van der Waals surface area contributed by atoms with Gasteiger partial charge in [0.05, 0.1) is 6.10 Å². The van der Waals surface area contributed by atoms with Gasteiger partial charge in [-0.1, -0.05) is 30.3 Å². The van der Waals surface area contributed by atoms with Crippen LogP contribution in [0.1, 0.15) is 19.4 Å². The van der Waals surface area contributed by atoms with Crippen LogP contribution in [-0.4, -0.2) is 37.2 Å². The van der Waals surface area contributed by atoms with E-state index in [2.05, 4.69) is 46.2 Å². The molecule has 0 radical (unpaired) electrons. The second-order valence-electron chi connectivity index (χ2n) is 6.68. The van der Waals surface area contributed by atoms with Gasteiger partial charge in [-0.3, -0.25) is 4.90 Å². The van der Waals surface area contributed by atoms with E-state index < -0.39 is 0 Å². The standard InChI is InChI=1S/C20H27N3O/c1-16(2)24-20-13-18(21)12-19(14-20)23-10-8-22(9-11-23)15-17-6-4-3-5-7-17/h3-7,12-14,16H,8-11,15,21H2,1-2H3. The van der Waals surface area contributed by atoms with Gasteiger partial charge in [-0.25, -0.2) is 0 Å². The molecule has 0 saturated carbocycles. The van der Waals surface area contributed by atoms with E-state index in [4.69, 9.17) is 10.5 Å². The molecule has 1 saturated heterocycles. The number of benzene rings is 2. The van der Waals surface area contributed by atoms with Crippen molar-refractivity contribution < 1.29 is 4.74 Å². The maximum absolute atomic E-state index is 6.05. The topological polar surface area (TPSA) is 41.7 Å². The number of nitrogen functional groups attached to an aromatic ring is 1. The molecule has 1 fully saturated rings. The highest BCUT2D eigenvalue weighted by atomic mass is 16.5. The Morgan fingerprint density at radius 3 is 2.38 bits per heavy atom. The van der Waals surface area contributed by atoms with E-state index in [1.165, 1.54) is 5.56 Å². The normalized spacial score (nSPS) is 15.7. The van der Waals surface area contributed by atoms with Crippen LogP contribution in [0, 0.1) is 0 Å². The molecule has 0 spiro atoms. The smallest absolute Gasteiger partial charge is 0.123 e. The second-order valence-corrected chi connectivity index (χ2v) is 6.68. The number of nitrogens with two attached hydrogens (primary N) is 1. The summed E-state index contributed by atoms with van der Waals surface area (Å²) in [5.74, 6) is 0.853. The molecule has 0 atom stereocenters. The Labute approximate surface area is 144 Å². The summed E-state index contributed by atoms with van der Waals surface area (Å²) < 4.78 is 5.81. The molecule has 2 aromatic rings. The van der Waals surface area contributed by atoms with E-state index in [0.717, 1.165) is 49.8 Å². The van der Waals surface area contributed by atoms with Crippen molar-refractivity contribution in [2.45, 2.75) is 26.5 Å². The van der Waals surface area contributed by atoms with Gasteiger partial charge in [0.25, 0.3) is 0 Å². The Morgan fingerprint density at radius 1 is 1.00 bits per heavy atom. The lowest BCUT2D eigenvalue weighted by Gasteiger charge is -2.36. The quantitative estimate of drug-likeness (QED) is 0.856. The van der Waals surface area contributed by atoms with Gasteiger partial charge >= 0.3 is 0 Å². The number of rotatable bonds is 5. The fraction of sp³-hybridized carbons (Fsp3) is 0.400. The zero-order chi connectivity index (χ0) is 16.9. The molecular weight excluding hydrogens is 298 g/mol. The molecule has 4 heteroatoms. The summed E-state index contributed by atoms with van der Waals surface area (Å²) in [5.41, 5.74) is 9.35. The zero-order valence-electron chi connectivity index (χ0n) is 14.6. The lowest BCUT2D eigenvalue weighted by atomic mass is 10.2. The first-order valence-corrected chi connectivity index (χ1v) is 8.68. The van der Waals surface area contributed by atoms with Crippen LogP contribution in [0.15, 0.2) is 48.5 Å². The van der Waals surface area contributed by atoms with E-state index in [9.17, 15) is 0 Å². The first-order valence-electron chi connectivity index (χ1n) is 8.68. The minimum Gasteiger partial charge on any atom is -0.491 e. The van der Waals surface area contributed by atoms with Crippen molar-refractivity contribution in [1.82, 2.24) is 4.90 Å². The number of hydrogen-bond acceptors (Lipinski definition) is 4. The van der Waals surface area contributed by atoms with Crippen molar-refractivity contribution in [1.29, 1.82) is 0 Å². The van der Waals surface area contributed by atoms with E-state index in [-0.39, 0.29) is 6.10 Å². The summed E-state index contributed by atoms with van der Waals surface area (Å²) in [4.78, 5) is 4.90. The van der Waals surface area contributed by atoms with Crippen molar-refractivity contribution in [3.05, 3.63) is 54.1 Å². The van der Waals surface area contributed by atoms with Crippen molar-refractivity contribution in [3.8, 4) is 5.75 Å². The minimum atomic E-state index is 0.155. The SMILES string of the molecule is CC(C)Oc1cc(N)cc(N2CCN(Cc3ccccc3)CC2)c1. The zero-order valence-corrected chi connectivity index (χ0v) is 14.6. The highest BCUT2D eigenvalue weighted by molar-refractivity contribution is 5.60. The number of ether oxygens (including phenoxy) is 1. The Balaban J connectivity index is 1.61. The predicted octanol–water partition coefficient (Wildman–Crippen LogP) is 3.38. The molecule has 128 valence electrons. The second kappa shape index (κ2) is 7.58. The van der Waals surface area contributed by atoms with Crippen molar-refractivity contribution in [2.24, 2.45) is 0 Å². The number of piperazine rings is 1. The van der Waals surface area contributed by atoms with E-state index in [1.54, 1.807) is 0 Å². The van der Waals surface area contributed by atoms with Gasteiger partial charge in [0.1, 0.15) is 5.75 Å². The van der Waals surface area contributed by atoms with Crippen LogP contribution < -0.4 is 15.4 Å². The molecule has 0 bridgehead atoms. The average molecular weight is 325 g/mol. The Hall–Kier alpha value is -2.20. The molecule has 0 amide bonds. The third-order valence-corrected chi connectivity index (χ3v) is 4.27. The van der Waals surface area contributed by atoms with E-state index in [1.807, 2.05) is 26.0 Å². The lowest BCUT2D eigenvalue weighted by molar-refractivity contribution is 0.241. The molecule has 2 aromatic carbocycles. The summed E-state index contributed by atoms with van der Waals surface area (Å²) in [6.45, 7) is 9.23. The van der Waals surface area contributed by atoms with Gasteiger partial charge in [-0.05, 0) is 25.5 Å². The minimum absolute atomic E-state index is 0.155. The third kappa shape index (κ3) is 4.42. The number of nitrogens with zero attached hydrogens (tertiary/aromatic N) is 2. The summed E-state index contributed by atoms with van der Waals surface area (Å²) in [5, 5.41) is 0. The van der Waals surface area contributed by atoms with Crippen molar-refractivity contribution in [2.75, 3.05) is 36.8 Å². The molecule has 0 aliphatic carbocycles. The monoisotopic (exact) mass is 325 g/mol. The molecule has 1 aliphatic rings. The Morgan fingerprint density at radius 2 is 1.71 bits per heavy atom. The van der Waals surface area contributed by atoms with Crippen molar-refractivity contribution >= 4 is 11.4 Å². The van der Waals surface area contributed by atoms with Crippen LogP contribution >= 0.6 is 0 Å². The van der Waals surface area contributed by atoms with Crippen molar-refractivity contribution in [3.63, 3.8) is 0 Å². The summed E-state index contributed by atoms with van der Waals surface area (Å²) in [6.07, 6.45) is 0.155. The summed E-state index contributed by atoms with van der Waals surface area (Å²) in [7, 11) is 0. The molecule has 1 heterocycles. The fourth-order valence-electron chi connectivity index (χ4n) is 3.13. The van der Waals surface area contributed by atoms with Crippen LogP contribution in [0.3, 0.4) is 0 Å². The van der Waals surface area contributed by atoms with Gasteiger partial charge in [-0.15, -0.1) is 0 Å². The maximum Gasteiger partial charge on any atom is 0.123 e. The van der Waals surface area contributed by atoms with Gasteiger partial charge in [0.2, 0.25) is 0 Å². The van der Waals surface area contributed by atoms with Crippen LogP contribution in [0.4, 0.5) is 11.4 Å². The largest absolute Gasteiger partial charge is 0.491 e. The van der Waals surface area contributed by atoms with E-state index >= 15 is 0 Å². The molecule has 24 heavy (non-hydrogen) atoms. The molecule has 0 aromatic heterocycles. The summed E-state index contributed by atoms with van der Waals surface area (Å²) in [6, 6.07) is 16.7. The fourth-order valence-corrected chi connectivity index (χ4v) is 3.13. The maximum atomic E-state index is 6.05. The predicted molar refractivity (Wildman–Crippen MR) is 101 cm³/mol. The molecule has 4 nitrogen and oxygen atoms in total. The van der Waals surface area contributed by atoms with Crippen LogP contribution in [0.2, 0.25) is 0 Å². The molecule has 1 aliphatic heterocycles. The van der Waals surface area contributed by atoms with E-state index in [0.29, 0.717) is 0 Å². The molecular formula is C20H27N3O. The molecule has 3 rings (SSSR count). The molecule has 2 N–H and O–H groups in total. The van der Waals surface area contributed by atoms with Crippen LogP contribution in [-0.2, 0) is 6.54 Å². The Kier molecular flexibility index (Phi) is 5.26. The first kappa shape index (κ1) is 16.7. The highest BCUT2D eigenvalue weighted by Gasteiger charge is 2.18. The van der Waals surface area contributed by atoms with Gasteiger partial charge < -0.3 is 15.4 Å². The number of anilines is 2. The highest BCUT2D eigenvalue weighted by Crippen LogP contribution is 2.27. The first-order chi connectivity index (χ1) is 11.6. The van der Waals surface area contributed by atoms with Crippen LogP contribution in [0.25, 0.3) is 0 Å². The lowest BCUT2D eigenvalue weighted by Crippen LogP contribution is -2.46. The third-order valence-electron chi connectivity index (χ3n) is 4.27. The van der Waals surface area contributed by atoms with Gasteiger partial charge in [0, 0.05) is 56.2 Å². The number of hydrogen-bond donors (Lipinski definition) is 1. The average Bonchev–Trinajstić information content (AvgIpc) is 2.55. The van der Waals surface area contributed by atoms with Gasteiger partial charge in [0.15, 0.2) is 0 Å². The summed E-state index contributed by atoms with van der Waals surface area (Å²) >= 11 is 0. The molecule has 0 unspecified atom stereocenters. The van der Waals surface area contributed by atoms with Crippen LogP contribution in [0.5, 0.6) is 5.75 Å². The Bertz CT molecular complexity index is 649. The van der Waals surface area contributed by atoms with Gasteiger partial charge in [-0.2, -0.15) is 0 Å².